The maximum absolute atomic E-state index is 12.2. The third-order valence-electron chi connectivity index (χ3n) is 3.58. The number of nitrogens with one attached hydrogen (secondary N) is 1. The summed E-state index contributed by atoms with van der Waals surface area (Å²) in [6.07, 6.45) is 0. The molecule has 0 unspecified atom stereocenters. The average molecular weight is 366 g/mol. The number of aromatic nitrogens is 1. The fourth-order valence-corrected chi connectivity index (χ4v) is 4.27. The number of thiophene rings is 1. The topological polar surface area (TPSA) is 51.2 Å². The number of hydrogen-bond donors (Lipinski definition) is 1. The second kappa shape index (κ2) is 7.14. The molecule has 4 nitrogen and oxygen atoms in total. The van der Waals surface area contributed by atoms with Gasteiger partial charge in [0.25, 0.3) is 5.91 Å². The van der Waals surface area contributed by atoms with Gasteiger partial charge in [-0.2, -0.15) is 0 Å². The lowest BCUT2D eigenvalue weighted by Crippen LogP contribution is -2.22. The highest BCUT2D eigenvalue weighted by Crippen LogP contribution is 2.34. The van der Waals surface area contributed by atoms with Crippen LogP contribution in [0.25, 0.3) is 20.1 Å². The van der Waals surface area contributed by atoms with Crippen LogP contribution < -0.4 is 5.48 Å². The van der Waals surface area contributed by atoms with Crippen molar-refractivity contribution in [1.29, 1.82) is 0 Å². The van der Waals surface area contributed by atoms with Crippen molar-refractivity contribution in [1.82, 2.24) is 10.5 Å². The van der Waals surface area contributed by atoms with Gasteiger partial charge in [0.2, 0.25) is 0 Å². The van der Waals surface area contributed by atoms with Gasteiger partial charge in [-0.05, 0) is 29.8 Å². The molecule has 4 rings (SSSR count). The summed E-state index contributed by atoms with van der Waals surface area (Å²) in [5.74, 6) is -0.242. The zero-order chi connectivity index (χ0) is 17.1. The predicted octanol–water partition coefficient (Wildman–Crippen LogP) is 4.89. The first-order chi connectivity index (χ1) is 12.3. The zero-order valence-corrected chi connectivity index (χ0v) is 14.8. The summed E-state index contributed by atoms with van der Waals surface area (Å²) < 4.78 is 1.14. The lowest BCUT2D eigenvalue weighted by Gasteiger charge is -2.04. The van der Waals surface area contributed by atoms with Crippen molar-refractivity contribution in [3.05, 3.63) is 77.2 Å². The van der Waals surface area contributed by atoms with Gasteiger partial charge in [0, 0.05) is 0 Å². The monoisotopic (exact) mass is 366 g/mol. The molecule has 0 bridgehead atoms. The molecule has 2 aromatic carbocycles. The number of nitrogens with zero attached hydrogens (tertiary/aromatic N) is 1. The Labute approximate surface area is 152 Å². The fraction of sp³-hybridized carbons (Fsp3) is 0.0526. The van der Waals surface area contributed by atoms with E-state index in [2.05, 4.69) is 16.5 Å². The Hall–Kier alpha value is -2.54. The molecule has 0 saturated carbocycles. The molecular weight excluding hydrogens is 352 g/mol. The van der Waals surface area contributed by atoms with Crippen molar-refractivity contribution in [3.8, 4) is 9.88 Å². The van der Waals surface area contributed by atoms with E-state index in [1.165, 1.54) is 11.3 Å². The Kier molecular flexibility index (Phi) is 4.56. The highest BCUT2D eigenvalue weighted by molar-refractivity contribution is 7.26. The molecule has 4 aromatic rings. The van der Waals surface area contributed by atoms with E-state index >= 15 is 0 Å². The molecule has 6 heteroatoms. The number of amides is 1. The average Bonchev–Trinajstić information content (AvgIpc) is 3.29. The molecule has 0 aliphatic heterocycles. The molecule has 0 radical (unpaired) electrons. The van der Waals surface area contributed by atoms with Crippen molar-refractivity contribution in [3.63, 3.8) is 0 Å². The minimum absolute atomic E-state index is 0.242. The van der Waals surface area contributed by atoms with E-state index in [9.17, 15) is 4.79 Å². The van der Waals surface area contributed by atoms with E-state index in [4.69, 9.17) is 4.84 Å². The first-order valence-electron chi connectivity index (χ1n) is 7.71. The van der Waals surface area contributed by atoms with Crippen LogP contribution in [0.4, 0.5) is 0 Å². The van der Waals surface area contributed by atoms with Crippen molar-refractivity contribution < 1.29 is 9.63 Å². The molecule has 0 spiro atoms. The van der Waals surface area contributed by atoms with Crippen LogP contribution in [-0.2, 0) is 11.4 Å². The Morgan fingerprint density at radius 2 is 1.76 bits per heavy atom. The zero-order valence-electron chi connectivity index (χ0n) is 13.1. The number of carbonyl (C=O) groups excluding carboxylic acids is 1. The maximum Gasteiger partial charge on any atom is 0.284 e. The van der Waals surface area contributed by atoms with Crippen molar-refractivity contribution in [2.75, 3.05) is 0 Å². The molecule has 0 aliphatic carbocycles. The number of rotatable bonds is 5. The van der Waals surface area contributed by atoms with Crippen LogP contribution in [0.3, 0.4) is 0 Å². The Morgan fingerprint density at radius 1 is 0.960 bits per heavy atom. The van der Waals surface area contributed by atoms with Crippen LogP contribution in [0, 0.1) is 0 Å². The van der Waals surface area contributed by atoms with Crippen molar-refractivity contribution in [2.24, 2.45) is 0 Å². The van der Waals surface area contributed by atoms with Crippen LogP contribution in [-0.4, -0.2) is 10.9 Å². The molecule has 0 aliphatic rings. The third-order valence-corrected chi connectivity index (χ3v) is 5.87. The molecule has 0 atom stereocenters. The molecule has 2 aromatic heterocycles. The number of hydrogen-bond acceptors (Lipinski definition) is 5. The molecule has 0 saturated heterocycles. The molecule has 0 fully saturated rings. The first kappa shape index (κ1) is 16.0. The second-order valence-electron chi connectivity index (χ2n) is 5.36. The van der Waals surface area contributed by atoms with E-state index in [0.29, 0.717) is 11.5 Å². The Morgan fingerprint density at radius 3 is 2.60 bits per heavy atom. The molecular formula is C19H14N2O2S2. The smallest absolute Gasteiger partial charge is 0.269 e. The van der Waals surface area contributed by atoms with Crippen LogP contribution in [0.2, 0.25) is 0 Å². The van der Waals surface area contributed by atoms with Gasteiger partial charge in [0.05, 0.1) is 26.6 Å². The van der Waals surface area contributed by atoms with Gasteiger partial charge in [-0.3, -0.25) is 9.63 Å². The Bertz CT molecular complexity index is 975. The summed E-state index contributed by atoms with van der Waals surface area (Å²) in [4.78, 5) is 23.7. The minimum atomic E-state index is -0.242. The van der Waals surface area contributed by atoms with Gasteiger partial charge in [0.15, 0.2) is 0 Å². The number of benzene rings is 2. The Balaban J connectivity index is 1.42. The van der Waals surface area contributed by atoms with Crippen LogP contribution in [0.5, 0.6) is 0 Å². The van der Waals surface area contributed by atoms with Gasteiger partial charge in [0.1, 0.15) is 5.01 Å². The first-order valence-corrected chi connectivity index (χ1v) is 9.35. The minimum Gasteiger partial charge on any atom is -0.269 e. The van der Waals surface area contributed by atoms with Crippen LogP contribution >= 0.6 is 22.7 Å². The normalized spacial score (nSPS) is 10.9. The van der Waals surface area contributed by atoms with Crippen LogP contribution in [0.1, 0.15) is 15.2 Å². The predicted molar refractivity (Wildman–Crippen MR) is 102 cm³/mol. The maximum atomic E-state index is 12.2. The van der Waals surface area contributed by atoms with Crippen molar-refractivity contribution in [2.45, 2.75) is 6.61 Å². The largest absolute Gasteiger partial charge is 0.284 e. The van der Waals surface area contributed by atoms with Gasteiger partial charge in [-0.15, -0.1) is 22.7 Å². The number of thiazole rings is 1. The lowest BCUT2D eigenvalue weighted by atomic mass is 10.2. The third kappa shape index (κ3) is 3.61. The summed E-state index contributed by atoms with van der Waals surface area (Å²) in [5, 5.41) is 0.926. The number of fused-ring (bicyclic) bond motifs is 1. The van der Waals surface area contributed by atoms with E-state index in [-0.39, 0.29) is 5.91 Å². The van der Waals surface area contributed by atoms with E-state index in [1.807, 2.05) is 54.6 Å². The number of hydroxylamine groups is 1. The van der Waals surface area contributed by atoms with E-state index in [0.717, 1.165) is 25.7 Å². The van der Waals surface area contributed by atoms with Crippen molar-refractivity contribution >= 4 is 38.8 Å². The highest BCUT2D eigenvalue weighted by atomic mass is 32.1. The van der Waals surface area contributed by atoms with Gasteiger partial charge in [-0.1, -0.05) is 42.5 Å². The summed E-state index contributed by atoms with van der Waals surface area (Å²) in [7, 11) is 0. The molecule has 2 heterocycles. The fourth-order valence-electron chi connectivity index (χ4n) is 2.36. The molecule has 25 heavy (non-hydrogen) atoms. The summed E-state index contributed by atoms with van der Waals surface area (Å²) >= 11 is 3.04. The standard InChI is InChI=1S/C19H14N2O2S2/c22-18(21-23-12-13-6-2-1-3-7-13)16-10-11-17(24-16)19-20-14-8-4-5-9-15(14)25-19/h1-11H,12H2,(H,21,22). The summed E-state index contributed by atoms with van der Waals surface area (Å²) in [6.45, 7) is 0.336. The van der Waals surface area contributed by atoms with E-state index < -0.39 is 0 Å². The molecule has 1 N–H and O–H groups in total. The van der Waals surface area contributed by atoms with Gasteiger partial charge in [-0.25, -0.2) is 10.5 Å². The van der Waals surface area contributed by atoms with E-state index in [1.54, 1.807) is 17.4 Å². The summed E-state index contributed by atoms with van der Waals surface area (Å²) in [5.41, 5.74) is 4.48. The SMILES string of the molecule is O=C(NOCc1ccccc1)c1ccc(-c2nc3ccccc3s2)s1. The molecule has 1 amide bonds. The lowest BCUT2D eigenvalue weighted by molar-refractivity contribution is 0.0237. The van der Waals surface area contributed by atoms with Gasteiger partial charge < -0.3 is 0 Å². The molecule has 124 valence electrons. The second-order valence-corrected chi connectivity index (χ2v) is 7.47. The van der Waals surface area contributed by atoms with Crippen LogP contribution in [0.15, 0.2) is 66.7 Å². The number of para-hydroxylation sites is 1. The quantitative estimate of drug-likeness (QED) is 0.512. The highest BCUT2D eigenvalue weighted by Gasteiger charge is 2.13. The van der Waals surface area contributed by atoms with Gasteiger partial charge >= 0.3 is 0 Å². The summed E-state index contributed by atoms with van der Waals surface area (Å²) in [6, 6.07) is 21.5. The number of carbonyl (C=O) groups is 1.